The van der Waals surface area contributed by atoms with Gasteiger partial charge in [-0.3, -0.25) is 4.79 Å². The number of nitrogens with one attached hydrogen (secondary N) is 1. The minimum Gasteiger partial charge on any atom is -0.353 e. The summed E-state index contributed by atoms with van der Waals surface area (Å²) in [6.07, 6.45) is 1.63. The smallest absolute Gasteiger partial charge is 0.220 e. The van der Waals surface area contributed by atoms with Gasteiger partial charge in [-0.1, -0.05) is 30.3 Å². The van der Waals surface area contributed by atoms with Crippen LogP contribution in [0.3, 0.4) is 0 Å². The van der Waals surface area contributed by atoms with E-state index in [1.807, 2.05) is 6.07 Å². The molecule has 0 bridgehead atoms. The molecule has 0 saturated carbocycles. The van der Waals surface area contributed by atoms with Crippen molar-refractivity contribution < 1.29 is 4.79 Å². The van der Waals surface area contributed by atoms with E-state index in [0.29, 0.717) is 12.3 Å². The van der Waals surface area contributed by atoms with Gasteiger partial charge < -0.3 is 5.32 Å². The summed E-state index contributed by atoms with van der Waals surface area (Å²) in [5.41, 5.74) is 1.33. The van der Waals surface area contributed by atoms with Gasteiger partial charge in [-0.05, 0) is 18.9 Å². The fraction of sp³-hybridized carbons (Fsp3) is 0.417. The number of piperidine rings is 1. The predicted molar refractivity (Wildman–Crippen MR) is 56.0 cm³/mol. The summed E-state index contributed by atoms with van der Waals surface area (Å²) in [4.78, 5) is 11.1. The van der Waals surface area contributed by atoms with E-state index >= 15 is 0 Å². The first-order chi connectivity index (χ1) is 6.77. The number of benzene rings is 1. The molecule has 0 radical (unpaired) electrons. The van der Waals surface area contributed by atoms with Crippen molar-refractivity contribution in [3.05, 3.63) is 35.9 Å². The van der Waals surface area contributed by atoms with Crippen molar-refractivity contribution in [2.24, 2.45) is 0 Å². The topological polar surface area (TPSA) is 29.1 Å². The lowest BCUT2D eigenvalue weighted by Crippen LogP contribution is -2.41. The molecule has 1 aromatic rings. The Hall–Kier alpha value is -1.31. The Balaban J connectivity index is 2.16. The van der Waals surface area contributed by atoms with E-state index < -0.39 is 0 Å². The average Bonchev–Trinajstić information content (AvgIpc) is 2.19. The third-order valence-electron chi connectivity index (χ3n) is 2.90. The monoisotopic (exact) mass is 189 g/mol. The van der Waals surface area contributed by atoms with Crippen LogP contribution in [-0.2, 0) is 4.79 Å². The van der Waals surface area contributed by atoms with Gasteiger partial charge in [0.1, 0.15) is 0 Å². The third-order valence-corrected chi connectivity index (χ3v) is 2.90. The van der Waals surface area contributed by atoms with Crippen LogP contribution in [0.2, 0.25) is 0 Å². The molecule has 0 aromatic heterocycles. The zero-order chi connectivity index (χ0) is 9.97. The summed E-state index contributed by atoms with van der Waals surface area (Å²) in [5, 5.41) is 2.99. The number of carbonyl (C=O) groups is 1. The molecule has 1 heterocycles. The third kappa shape index (κ3) is 1.79. The van der Waals surface area contributed by atoms with Crippen LogP contribution in [0.25, 0.3) is 0 Å². The van der Waals surface area contributed by atoms with Gasteiger partial charge in [0.25, 0.3) is 0 Å². The molecule has 2 unspecified atom stereocenters. The number of amides is 1. The van der Waals surface area contributed by atoms with Crippen molar-refractivity contribution in [3.63, 3.8) is 0 Å². The largest absolute Gasteiger partial charge is 0.353 e. The van der Waals surface area contributed by atoms with Gasteiger partial charge in [0, 0.05) is 18.4 Å². The molecule has 1 aliphatic rings. The molecule has 2 heteroatoms. The Morgan fingerprint density at radius 2 is 2.00 bits per heavy atom. The van der Waals surface area contributed by atoms with Crippen LogP contribution < -0.4 is 5.32 Å². The van der Waals surface area contributed by atoms with Gasteiger partial charge in [0.05, 0.1) is 0 Å². The minimum absolute atomic E-state index is 0.185. The first kappa shape index (κ1) is 9.25. The fourth-order valence-electron chi connectivity index (χ4n) is 2.12. The van der Waals surface area contributed by atoms with E-state index in [0.717, 1.165) is 6.42 Å². The molecule has 1 fully saturated rings. The molecule has 1 amide bonds. The maximum absolute atomic E-state index is 11.1. The molecule has 0 aliphatic carbocycles. The highest BCUT2D eigenvalue weighted by atomic mass is 16.1. The molecule has 2 atom stereocenters. The number of rotatable bonds is 1. The summed E-state index contributed by atoms with van der Waals surface area (Å²) < 4.78 is 0. The Morgan fingerprint density at radius 1 is 1.29 bits per heavy atom. The first-order valence-corrected chi connectivity index (χ1v) is 5.11. The van der Waals surface area contributed by atoms with E-state index in [1.165, 1.54) is 5.56 Å². The highest BCUT2D eigenvalue weighted by molar-refractivity contribution is 5.77. The van der Waals surface area contributed by atoms with Gasteiger partial charge in [-0.25, -0.2) is 0 Å². The molecule has 0 spiro atoms. The number of hydrogen-bond acceptors (Lipinski definition) is 1. The van der Waals surface area contributed by atoms with Crippen molar-refractivity contribution in [2.45, 2.75) is 31.7 Å². The molecule has 1 aliphatic heterocycles. The predicted octanol–water partition coefficient (Wildman–Crippen LogP) is 2.07. The van der Waals surface area contributed by atoms with E-state index in [-0.39, 0.29) is 11.9 Å². The van der Waals surface area contributed by atoms with E-state index in [9.17, 15) is 4.79 Å². The second-order valence-corrected chi connectivity index (χ2v) is 3.91. The van der Waals surface area contributed by atoms with Gasteiger partial charge in [0.15, 0.2) is 0 Å². The van der Waals surface area contributed by atoms with Crippen molar-refractivity contribution in [1.29, 1.82) is 0 Å². The second-order valence-electron chi connectivity index (χ2n) is 3.91. The lowest BCUT2D eigenvalue weighted by Gasteiger charge is -2.29. The number of carbonyl (C=O) groups excluding carboxylic acids is 1. The fourth-order valence-corrected chi connectivity index (χ4v) is 2.12. The van der Waals surface area contributed by atoms with Crippen LogP contribution in [0.5, 0.6) is 0 Å². The van der Waals surface area contributed by atoms with E-state index in [4.69, 9.17) is 0 Å². The van der Waals surface area contributed by atoms with Crippen LogP contribution in [0.1, 0.15) is 31.2 Å². The van der Waals surface area contributed by atoms with Crippen LogP contribution in [0.15, 0.2) is 30.3 Å². The molecule has 74 valence electrons. The van der Waals surface area contributed by atoms with Crippen molar-refractivity contribution in [2.75, 3.05) is 0 Å². The lowest BCUT2D eigenvalue weighted by atomic mass is 9.85. The highest BCUT2D eigenvalue weighted by Crippen LogP contribution is 2.27. The van der Waals surface area contributed by atoms with E-state index in [1.54, 1.807) is 0 Å². The molecular formula is C12H15NO. The quantitative estimate of drug-likeness (QED) is 0.720. The second kappa shape index (κ2) is 3.82. The lowest BCUT2D eigenvalue weighted by molar-refractivity contribution is -0.123. The van der Waals surface area contributed by atoms with Crippen molar-refractivity contribution >= 4 is 5.91 Å². The molecule has 1 N–H and O–H groups in total. The Bertz CT molecular complexity index is 320. The van der Waals surface area contributed by atoms with Crippen LogP contribution in [0.4, 0.5) is 0 Å². The van der Waals surface area contributed by atoms with Crippen LogP contribution in [-0.4, -0.2) is 11.9 Å². The first-order valence-electron chi connectivity index (χ1n) is 5.11. The van der Waals surface area contributed by atoms with Crippen molar-refractivity contribution in [1.82, 2.24) is 5.32 Å². The summed E-state index contributed by atoms with van der Waals surface area (Å²) in [6, 6.07) is 10.7. The number of hydrogen-bond donors (Lipinski definition) is 1. The Labute approximate surface area is 84.3 Å². The molecule has 2 rings (SSSR count). The summed E-state index contributed by atoms with van der Waals surface area (Å²) in [5.74, 6) is 0.665. The van der Waals surface area contributed by atoms with Gasteiger partial charge in [-0.2, -0.15) is 0 Å². The molecule has 2 nitrogen and oxygen atoms in total. The average molecular weight is 189 g/mol. The zero-order valence-electron chi connectivity index (χ0n) is 8.36. The highest BCUT2D eigenvalue weighted by Gasteiger charge is 2.25. The van der Waals surface area contributed by atoms with Gasteiger partial charge in [-0.15, -0.1) is 0 Å². The van der Waals surface area contributed by atoms with E-state index in [2.05, 4.69) is 36.5 Å². The van der Waals surface area contributed by atoms with Crippen LogP contribution >= 0.6 is 0 Å². The minimum atomic E-state index is 0.185. The summed E-state index contributed by atoms with van der Waals surface area (Å²) in [6.45, 7) is 2.08. The standard InChI is InChI=1S/C12H15NO/c1-9-11(7-8-12(14)13-9)10-5-3-2-4-6-10/h2-6,9,11H,7-8H2,1H3,(H,13,14). The SMILES string of the molecule is CC1NC(=O)CCC1c1ccccc1. The zero-order valence-corrected chi connectivity index (χ0v) is 8.36. The normalized spacial score (nSPS) is 27.1. The Kier molecular flexibility index (Phi) is 2.53. The van der Waals surface area contributed by atoms with Gasteiger partial charge >= 0.3 is 0 Å². The van der Waals surface area contributed by atoms with Crippen molar-refractivity contribution in [3.8, 4) is 0 Å². The molecule has 1 aromatic carbocycles. The molecular weight excluding hydrogens is 174 g/mol. The maximum Gasteiger partial charge on any atom is 0.220 e. The Morgan fingerprint density at radius 3 is 2.64 bits per heavy atom. The maximum atomic E-state index is 11.1. The molecule has 14 heavy (non-hydrogen) atoms. The molecule has 1 saturated heterocycles. The van der Waals surface area contributed by atoms with Gasteiger partial charge in [0.2, 0.25) is 5.91 Å². The summed E-state index contributed by atoms with van der Waals surface area (Å²) in [7, 11) is 0. The van der Waals surface area contributed by atoms with Crippen LogP contribution in [0, 0.1) is 0 Å². The summed E-state index contributed by atoms with van der Waals surface area (Å²) >= 11 is 0.